The van der Waals surface area contributed by atoms with Gasteiger partial charge in [-0.1, -0.05) is 0 Å². The lowest BCUT2D eigenvalue weighted by atomic mass is 9.95. The first-order valence-electron chi connectivity index (χ1n) is 7.12. The van der Waals surface area contributed by atoms with Crippen molar-refractivity contribution in [2.45, 2.75) is 25.5 Å². The summed E-state index contributed by atoms with van der Waals surface area (Å²) in [7, 11) is 0. The number of benzene rings is 2. The number of halogens is 9. The van der Waals surface area contributed by atoms with E-state index in [2.05, 4.69) is 0 Å². The average Bonchev–Trinajstić information content (AvgIpc) is 2.50. The second kappa shape index (κ2) is 6.58. The molecule has 2 rings (SSSR count). The van der Waals surface area contributed by atoms with Crippen molar-refractivity contribution in [3.05, 3.63) is 69.8 Å². The summed E-state index contributed by atoms with van der Waals surface area (Å²) in [6.07, 6.45) is -15.2. The Morgan fingerprint density at radius 2 is 0.926 bits per heavy atom. The molecule has 0 fully saturated rings. The zero-order valence-electron chi connectivity index (χ0n) is 13.3. The lowest BCUT2D eigenvalue weighted by Crippen LogP contribution is -2.14. The van der Waals surface area contributed by atoms with E-state index < -0.39 is 52.1 Å². The van der Waals surface area contributed by atoms with Gasteiger partial charge in [-0.2, -0.15) is 39.5 Å². The van der Waals surface area contributed by atoms with E-state index in [9.17, 15) is 44.3 Å². The summed E-state index contributed by atoms with van der Waals surface area (Å²) in [6, 6.07) is 2.20. The van der Waals surface area contributed by atoms with E-state index in [1.54, 1.807) is 0 Å². The van der Waals surface area contributed by atoms with Crippen molar-refractivity contribution in [2.24, 2.45) is 0 Å². The first kappa shape index (κ1) is 20.8. The van der Waals surface area contributed by atoms with Crippen molar-refractivity contribution >= 4 is 5.78 Å². The quantitative estimate of drug-likeness (QED) is 0.428. The zero-order chi connectivity index (χ0) is 20.8. The summed E-state index contributed by atoms with van der Waals surface area (Å²) in [4.78, 5) is 12.3. The second-order valence-electron chi connectivity index (χ2n) is 5.71. The fraction of sp³-hybridized carbons (Fsp3) is 0.235. The molecule has 0 N–H and O–H groups in total. The summed E-state index contributed by atoms with van der Waals surface area (Å²) in [5.41, 5.74) is -6.43. The van der Waals surface area contributed by atoms with Crippen molar-refractivity contribution < 1.29 is 44.3 Å². The number of rotatable bonds is 2. The average molecular weight is 400 g/mol. The molecule has 146 valence electrons. The highest BCUT2D eigenvalue weighted by Gasteiger charge is 2.38. The summed E-state index contributed by atoms with van der Waals surface area (Å²) in [5.74, 6) is -1.39. The number of alkyl halides is 9. The summed E-state index contributed by atoms with van der Waals surface area (Å²) < 4.78 is 116. The fourth-order valence-electron chi connectivity index (χ4n) is 2.33. The Morgan fingerprint density at radius 3 is 1.30 bits per heavy atom. The fourth-order valence-corrected chi connectivity index (χ4v) is 2.33. The van der Waals surface area contributed by atoms with Crippen LogP contribution >= 0.6 is 0 Å². The van der Waals surface area contributed by atoms with Gasteiger partial charge in [0.05, 0.1) is 16.7 Å². The van der Waals surface area contributed by atoms with Crippen LogP contribution in [-0.2, 0) is 18.5 Å². The molecule has 0 spiro atoms. The van der Waals surface area contributed by atoms with Crippen molar-refractivity contribution in [1.82, 2.24) is 0 Å². The van der Waals surface area contributed by atoms with Gasteiger partial charge in [0.1, 0.15) is 0 Å². The Hall–Kier alpha value is -2.52. The van der Waals surface area contributed by atoms with E-state index >= 15 is 0 Å². The summed E-state index contributed by atoms with van der Waals surface area (Å²) in [5, 5.41) is 0. The Labute approximate surface area is 146 Å². The van der Waals surface area contributed by atoms with Crippen LogP contribution in [0.1, 0.15) is 38.2 Å². The molecule has 27 heavy (non-hydrogen) atoms. The van der Waals surface area contributed by atoms with Crippen molar-refractivity contribution in [1.29, 1.82) is 0 Å². The summed E-state index contributed by atoms with van der Waals surface area (Å²) >= 11 is 0. The molecule has 0 bridgehead atoms. The smallest absolute Gasteiger partial charge is 0.289 e. The number of carbonyl (C=O) groups is 1. The number of aryl methyl sites for hydroxylation is 1. The van der Waals surface area contributed by atoms with Gasteiger partial charge in [-0.25, -0.2) is 0 Å². The Kier molecular flexibility index (Phi) is 5.06. The van der Waals surface area contributed by atoms with Gasteiger partial charge >= 0.3 is 18.5 Å². The maximum absolute atomic E-state index is 12.9. The highest BCUT2D eigenvalue weighted by atomic mass is 19.4. The maximum atomic E-state index is 12.9. The number of ketones is 1. The standard InChI is InChI=1S/C17H9F9O/c1-8-2-9(4-11(3-8)15(18,19)20)14(27)10-5-12(16(21,22)23)7-13(6-10)17(24,25)26/h2-7H,1H3. The molecule has 0 amide bonds. The van der Waals surface area contributed by atoms with Gasteiger partial charge in [-0.15, -0.1) is 0 Å². The molecule has 0 heterocycles. The highest BCUT2D eigenvalue weighted by Crippen LogP contribution is 2.37. The van der Waals surface area contributed by atoms with Crippen molar-refractivity contribution in [3.63, 3.8) is 0 Å². The molecule has 0 radical (unpaired) electrons. The molecular formula is C17H9F9O. The number of hydrogen-bond donors (Lipinski definition) is 0. The van der Waals surface area contributed by atoms with Gasteiger partial charge in [-0.3, -0.25) is 4.79 Å². The monoisotopic (exact) mass is 400 g/mol. The van der Waals surface area contributed by atoms with Gasteiger partial charge in [-0.05, 0) is 48.9 Å². The van der Waals surface area contributed by atoms with E-state index in [-0.39, 0.29) is 23.8 Å². The second-order valence-corrected chi connectivity index (χ2v) is 5.71. The third-order valence-electron chi connectivity index (χ3n) is 3.52. The largest absolute Gasteiger partial charge is 0.416 e. The van der Waals surface area contributed by atoms with Crippen LogP contribution in [0.4, 0.5) is 39.5 Å². The minimum Gasteiger partial charge on any atom is -0.289 e. The molecule has 1 nitrogen and oxygen atoms in total. The molecule has 0 saturated carbocycles. The lowest BCUT2D eigenvalue weighted by Gasteiger charge is -2.14. The molecule has 2 aromatic carbocycles. The molecule has 2 aromatic rings. The molecule has 0 aliphatic heterocycles. The van der Waals surface area contributed by atoms with Crippen LogP contribution < -0.4 is 0 Å². The van der Waals surface area contributed by atoms with Crippen LogP contribution in [0.15, 0.2) is 36.4 Å². The van der Waals surface area contributed by atoms with Crippen LogP contribution in [0.5, 0.6) is 0 Å². The first-order valence-corrected chi connectivity index (χ1v) is 7.12. The van der Waals surface area contributed by atoms with Gasteiger partial charge in [0.2, 0.25) is 0 Å². The molecule has 0 unspecified atom stereocenters. The van der Waals surface area contributed by atoms with Crippen LogP contribution in [0.3, 0.4) is 0 Å². The third-order valence-corrected chi connectivity index (χ3v) is 3.52. The lowest BCUT2D eigenvalue weighted by molar-refractivity contribution is -0.143. The normalized spacial score (nSPS) is 13.0. The van der Waals surface area contributed by atoms with Crippen LogP contribution in [0.2, 0.25) is 0 Å². The van der Waals surface area contributed by atoms with E-state index in [1.807, 2.05) is 0 Å². The topological polar surface area (TPSA) is 17.1 Å². The number of carbonyl (C=O) groups excluding carboxylic acids is 1. The van der Waals surface area contributed by atoms with Crippen LogP contribution in [0, 0.1) is 6.92 Å². The molecule has 0 saturated heterocycles. The van der Waals surface area contributed by atoms with E-state index in [0.717, 1.165) is 6.07 Å². The minimum absolute atomic E-state index is 0.0313. The van der Waals surface area contributed by atoms with Crippen molar-refractivity contribution in [3.8, 4) is 0 Å². The Balaban J connectivity index is 2.64. The van der Waals surface area contributed by atoms with E-state index in [0.29, 0.717) is 12.1 Å². The predicted molar refractivity (Wildman–Crippen MR) is 76.1 cm³/mol. The first-order chi connectivity index (χ1) is 12.1. The minimum atomic E-state index is -5.18. The molecule has 0 aromatic heterocycles. The maximum Gasteiger partial charge on any atom is 0.416 e. The molecular weight excluding hydrogens is 391 g/mol. The Bertz CT molecular complexity index is 841. The van der Waals surface area contributed by atoms with Gasteiger partial charge in [0, 0.05) is 11.1 Å². The Morgan fingerprint density at radius 1 is 0.593 bits per heavy atom. The molecule has 0 aliphatic rings. The molecule has 0 aliphatic carbocycles. The van der Waals surface area contributed by atoms with Crippen LogP contribution in [0.25, 0.3) is 0 Å². The van der Waals surface area contributed by atoms with Gasteiger partial charge < -0.3 is 0 Å². The van der Waals surface area contributed by atoms with Gasteiger partial charge in [0.25, 0.3) is 0 Å². The van der Waals surface area contributed by atoms with E-state index in [1.165, 1.54) is 6.92 Å². The summed E-state index contributed by atoms with van der Waals surface area (Å²) in [6.45, 7) is 1.21. The number of hydrogen-bond acceptors (Lipinski definition) is 1. The van der Waals surface area contributed by atoms with E-state index in [4.69, 9.17) is 0 Å². The zero-order valence-corrected chi connectivity index (χ0v) is 13.3. The van der Waals surface area contributed by atoms with Gasteiger partial charge in [0.15, 0.2) is 5.78 Å². The van der Waals surface area contributed by atoms with Crippen molar-refractivity contribution in [2.75, 3.05) is 0 Å². The SMILES string of the molecule is Cc1cc(C(=O)c2cc(C(F)(F)F)cc(C(F)(F)F)c2)cc(C(F)(F)F)c1. The molecule has 10 heteroatoms. The predicted octanol–water partition coefficient (Wildman–Crippen LogP) is 6.28. The van der Waals surface area contributed by atoms with Crippen LogP contribution in [-0.4, -0.2) is 5.78 Å². The molecule has 0 atom stereocenters. The third kappa shape index (κ3) is 4.81. The highest BCUT2D eigenvalue weighted by molar-refractivity contribution is 6.09.